The van der Waals surface area contributed by atoms with Gasteiger partial charge in [0.05, 0.1) is 10.4 Å². The van der Waals surface area contributed by atoms with E-state index in [1.165, 1.54) is 24.9 Å². The number of hydrogen-bond donors (Lipinski definition) is 2. The van der Waals surface area contributed by atoms with Gasteiger partial charge in [0, 0.05) is 31.8 Å². The molecule has 194 valence electrons. The topological polar surface area (TPSA) is 109 Å². The number of rotatable bonds is 9. The number of amides is 2. The predicted octanol–water partition coefficient (Wildman–Crippen LogP) is 4.68. The fourth-order valence-corrected chi connectivity index (χ4v) is 4.30. The van der Waals surface area contributed by atoms with Gasteiger partial charge in [-0.1, -0.05) is 49.7 Å². The number of nitrogens with one attached hydrogen (secondary N) is 1. The molecule has 8 nitrogen and oxygen atoms in total. The number of ether oxygens (including phenoxy) is 1. The van der Waals surface area contributed by atoms with Gasteiger partial charge in [0.15, 0.2) is 11.6 Å². The fourth-order valence-electron chi connectivity index (χ4n) is 4.15. The Balaban J connectivity index is 1.96. The number of nitrogens with zero attached hydrogens (tertiary/aromatic N) is 2. The number of hydrogen-bond acceptors (Lipinski definition) is 5. The van der Waals surface area contributed by atoms with Crippen molar-refractivity contribution >= 4 is 35.2 Å². The molecule has 0 atom stereocenters. The molecule has 2 heterocycles. The van der Waals surface area contributed by atoms with Crippen molar-refractivity contribution in [3.8, 4) is 5.75 Å². The van der Waals surface area contributed by atoms with Crippen LogP contribution in [0.4, 0.5) is 14.6 Å². The van der Waals surface area contributed by atoms with Crippen molar-refractivity contribution in [2.45, 2.75) is 52.1 Å². The zero-order chi connectivity index (χ0) is 26.8. The summed E-state index contributed by atoms with van der Waals surface area (Å²) in [6.45, 7) is 3.65. The molecule has 0 bridgehead atoms. The second kappa shape index (κ2) is 10.4. The first kappa shape index (κ1) is 27.3. The van der Waals surface area contributed by atoms with Crippen LogP contribution in [0.5, 0.6) is 5.75 Å². The number of aromatic nitrogens is 1. The average Bonchev–Trinajstić information content (AvgIpc) is 2.74. The smallest absolute Gasteiger partial charge is 0.387 e. The Labute approximate surface area is 212 Å². The fraction of sp³-hybridized carbons (Fsp3) is 0.440. The Morgan fingerprint density at radius 2 is 1.89 bits per heavy atom. The zero-order valence-corrected chi connectivity index (χ0v) is 21.1. The molecule has 2 aromatic rings. The van der Waals surface area contributed by atoms with Gasteiger partial charge in [-0.25, -0.2) is 4.98 Å². The first-order valence-corrected chi connectivity index (χ1v) is 11.7. The van der Waals surface area contributed by atoms with E-state index >= 15 is 0 Å². The number of carboxylic acid groups (broad SMARTS) is 1. The minimum absolute atomic E-state index is 0.0181. The van der Waals surface area contributed by atoms with Crippen LogP contribution >= 0.6 is 11.6 Å². The van der Waals surface area contributed by atoms with Crippen LogP contribution < -0.4 is 10.1 Å². The van der Waals surface area contributed by atoms with Crippen molar-refractivity contribution in [2.75, 3.05) is 18.4 Å². The average molecular weight is 524 g/mol. The monoisotopic (exact) mass is 523 g/mol. The summed E-state index contributed by atoms with van der Waals surface area (Å²) in [7, 11) is 0. The van der Waals surface area contributed by atoms with Crippen LogP contribution in [0.25, 0.3) is 0 Å². The first-order chi connectivity index (χ1) is 16.8. The third-order valence-corrected chi connectivity index (χ3v) is 6.45. The summed E-state index contributed by atoms with van der Waals surface area (Å²) in [6.07, 6.45) is 0.950. The van der Waals surface area contributed by atoms with E-state index in [2.05, 4.69) is 15.0 Å². The Kier molecular flexibility index (Phi) is 7.88. The van der Waals surface area contributed by atoms with Gasteiger partial charge in [0.2, 0.25) is 11.8 Å². The summed E-state index contributed by atoms with van der Waals surface area (Å²) in [4.78, 5) is 43.4. The lowest BCUT2D eigenvalue weighted by Gasteiger charge is -2.50. The van der Waals surface area contributed by atoms with Crippen molar-refractivity contribution in [3.05, 3.63) is 52.7 Å². The molecular weight excluding hydrogens is 496 g/mol. The highest BCUT2D eigenvalue weighted by Crippen LogP contribution is 2.41. The van der Waals surface area contributed by atoms with Gasteiger partial charge in [-0.15, -0.1) is 0 Å². The summed E-state index contributed by atoms with van der Waals surface area (Å²) in [5.41, 5.74) is -0.918. The van der Waals surface area contributed by atoms with Gasteiger partial charge in [-0.05, 0) is 30.9 Å². The van der Waals surface area contributed by atoms with E-state index in [-0.39, 0.29) is 36.3 Å². The van der Waals surface area contributed by atoms with Crippen LogP contribution in [0.2, 0.25) is 5.02 Å². The lowest BCUT2D eigenvalue weighted by molar-refractivity contribution is -0.155. The number of aliphatic carboxylic acids is 1. The summed E-state index contributed by atoms with van der Waals surface area (Å²) >= 11 is 5.86. The number of pyridine rings is 1. The SMILES string of the molecule is CC(C)c1ccccc1C1(C(=O)Nc2ncc(Cl)cc2OC(F)F)CN(C(=O)CC(C)(C)C(=O)O)C1. The molecular formula is C25H28ClF2N3O5. The molecule has 1 aliphatic heterocycles. The van der Waals surface area contributed by atoms with Crippen LogP contribution in [0.15, 0.2) is 36.5 Å². The minimum Gasteiger partial charge on any atom is -0.481 e. The third-order valence-electron chi connectivity index (χ3n) is 6.25. The van der Waals surface area contributed by atoms with Crippen LogP contribution in [0, 0.1) is 5.41 Å². The highest BCUT2D eigenvalue weighted by Gasteiger charge is 2.54. The van der Waals surface area contributed by atoms with E-state index in [0.717, 1.165) is 11.6 Å². The van der Waals surface area contributed by atoms with Crippen molar-refractivity contribution in [2.24, 2.45) is 5.41 Å². The number of halogens is 3. The summed E-state index contributed by atoms with van der Waals surface area (Å²) in [5, 5.41) is 12.0. The number of carboxylic acids is 1. The molecule has 0 aliphatic carbocycles. The predicted molar refractivity (Wildman–Crippen MR) is 129 cm³/mol. The molecule has 2 amide bonds. The maximum Gasteiger partial charge on any atom is 0.387 e. The summed E-state index contributed by atoms with van der Waals surface area (Å²) < 4.78 is 30.3. The second-order valence-electron chi connectivity index (χ2n) is 9.77. The van der Waals surface area contributed by atoms with E-state index in [4.69, 9.17) is 11.6 Å². The van der Waals surface area contributed by atoms with Gasteiger partial charge in [-0.3, -0.25) is 14.4 Å². The van der Waals surface area contributed by atoms with Crippen LogP contribution in [0.1, 0.15) is 51.2 Å². The highest BCUT2D eigenvalue weighted by atomic mass is 35.5. The molecule has 0 spiro atoms. The van der Waals surface area contributed by atoms with Crippen molar-refractivity contribution in [3.63, 3.8) is 0 Å². The number of likely N-dealkylation sites (tertiary alicyclic amines) is 1. The summed E-state index contributed by atoms with van der Waals surface area (Å²) in [5.74, 6) is -2.65. The molecule has 0 saturated carbocycles. The lowest BCUT2D eigenvalue weighted by atomic mass is 9.69. The van der Waals surface area contributed by atoms with Gasteiger partial charge < -0.3 is 20.1 Å². The van der Waals surface area contributed by atoms with Crippen molar-refractivity contribution in [1.29, 1.82) is 0 Å². The summed E-state index contributed by atoms with van der Waals surface area (Å²) in [6, 6.07) is 8.43. The van der Waals surface area contributed by atoms with E-state index in [1.807, 2.05) is 26.0 Å². The minimum atomic E-state index is -3.16. The van der Waals surface area contributed by atoms with Crippen LogP contribution in [-0.4, -0.2) is 52.5 Å². The zero-order valence-electron chi connectivity index (χ0n) is 20.3. The van der Waals surface area contributed by atoms with Crippen LogP contribution in [-0.2, 0) is 19.8 Å². The number of carbonyl (C=O) groups excluding carboxylic acids is 2. The van der Waals surface area contributed by atoms with Crippen molar-refractivity contribution in [1.82, 2.24) is 9.88 Å². The number of benzene rings is 1. The van der Waals surface area contributed by atoms with E-state index in [1.54, 1.807) is 12.1 Å². The maximum atomic E-state index is 13.7. The Bertz CT molecular complexity index is 1170. The molecule has 36 heavy (non-hydrogen) atoms. The maximum absolute atomic E-state index is 13.7. The van der Waals surface area contributed by atoms with Gasteiger partial charge >= 0.3 is 12.6 Å². The molecule has 1 aromatic carbocycles. The van der Waals surface area contributed by atoms with Gasteiger partial charge in [0.25, 0.3) is 0 Å². The number of alkyl halides is 2. The molecule has 3 rings (SSSR count). The molecule has 1 fully saturated rings. The third kappa shape index (κ3) is 5.59. The molecule has 0 radical (unpaired) electrons. The van der Waals surface area contributed by atoms with Gasteiger partial charge in [-0.2, -0.15) is 8.78 Å². The quantitative estimate of drug-likeness (QED) is 0.494. The van der Waals surface area contributed by atoms with Gasteiger partial charge in [0.1, 0.15) is 5.41 Å². The first-order valence-electron chi connectivity index (χ1n) is 11.3. The van der Waals surface area contributed by atoms with E-state index < -0.39 is 41.0 Å². The molecule has 1 aliphatic rings. The Morgan fingerprint density at radius 3 is 2.47 bits per heavy atom. The van der Waals surface area contributed by atoms with E-state index in [0.29, 0.717) is 5.56 Å². The molecule has 1 saturated heterocycles. The number of carbonyl (C=O) groups is 3. The molecule has 0 unspecified atom stereocenters. The second-order valence-corrected chi connectivity index (χ2v) is 10.2. The van der Waals surface area contributed by atoms with Crippen LogP contribution in [0.3, 0.4) is 0 Å². The normalized spacial score (nSPS) is 15.0. The Hall–Kier alpha value is -3.27. The lowest BCUT2D eigenvalue weighted by Crippen LogP contribution is -2.67. The highest BCUT2D eigenvalue weighted by molar-refractivity contribution is 6.30. The van der Waals surface area contributed by atoms with E-state index in [9.17, 15) is 28.3 Å². The Morgan fingerprint density at radius 1 is 1.25 bits per heavy atom. The standard InChI is InChI=1S/C25H28ClF2N3O5/c1-14(2)16-7-5-6-8-17(16)25(12-31(13-25)19(32)10-24(3,4)22(34)35)21(33)30-20-18(36-23(27)28)9-15(26)11-29-20/h5-9,11,14,23H,10,12-13H2,1-4H3,(H,34,35)(H,29,30,33). The molecule has 11 heteroatoms. The molecule has 2 N–H and O–H groups in total. The number of anilines is 1. The molecule has 1 aromatic heterocycles. The van der Waals surface area contributed by atoms with Crippen molar-refractivity contribution < 1.29 is 33.0 Å². The largest absolute Gasteiger partial charge is 0.481 e.